The van der Waals surface area contributed by atoms with Gasteiger partial charge >= 0.3 is 0 Å². The molecule has 0 spiro atoms. The first-order valence-corrected chi connectivity index (χ1v) is 8.12. The predicted molar refractivity (Wildman–Crippen MR) is 77.9 cm³/mol. The summed E-state index contributed by atoms with van der Waals surface area (Å²) in [6.45, 7) is 2.98. The van der Waals surface area contributed by atoms with Crippen LogP contribution < -0.4 is 5.32 Å². The van der Waals surface area contributed by atoms with Gasteiger partial charge in [0.1, 0.15) is 6.10 Å². The molecule has 0 radical (unpaired) electrons. The molecule has 1 aliphatic rings. The molecule has 1 aromatic heterocycles. The first kappa shape index (κ1) is 14.0. The Morgan fingerprint density at radius 3 is 2.78 bits per heavy atom. The molecule has 1 atom stereocenters. The summed E-state index contributed by atoms with van der Waals surface area (Å²) in [5.41, 5.74) is 0. The average molecular weight is 267 g/mol. The van der Waals surface area contributed by atoms with Gasteiger partial charge in [-0.1, -0.05) is 25.8 Å². The van der Waals surface area contributed by atoms with Crippen LogP contribution in [0.4, 0.5) is 0 Å². The third kappa shape index (κ3) is 4.08. The van der Waals surface area contributed by atoms with Gasteiger partial charge in [0.15, 0.2) is 0 Å². The molecule has 1 unspecified atom stereocenters. The Morgan fingerprint density at radius 1 is 1.39 bits per heavy atom. The standard InChI is InChI=1S/C15H25NOS/c1-2-4-12-6-8-13(9-7-12)16-11-14(17)15-5-3-10-18-15/h3,5,10,12-14,16-17H,2,4,6-9,11H2,1H3. The number of rotatable bonds is 6. The summed E-state index contributed by atoms with van der Waals surface area (Å²) >= 11 is 1.63. The Bertz CT molecular complexity index is 317. The van der Waals surface area contributed by atoms with E-state index in [0.717, 1.165) is 10.8 Å². The zero-order valence-corrected chi connectivity index (χ0v) is 12.1. The Balaban J connectivity index is 1.66. The highest BCUT2D eigenvalue weighted by Gasteiger charge is 2.21. The first-order valence-electron chi connectivity index (χ1n) is 7.24. The van der Waals surface area contributed by atoms with Gasteiger partial charge in [0, 0.05) is 17.5 Å². The van der Waals surface area contributed by atoms with Crippen LogP contribution >= 0.6 is 11.3 Å². The normalized spacial score (nSPS) is 26.1. The van der Waals surface area contributed by atoms with Crippen LogP contribution in [-0.2, 0) is 0 Å². The number of hydrogen-bond donors (Lipinski definition) is 2. The molecule has 102 valence electrons. The fraction of sp³-hybridized carbons (Fsp3) is 0.733. The topological polar surface area (TPSA) is 32.3 Å². The van der Waals surface area contributed by atoms with Crippen molar-refractivity contribution in [2.45, 2.75) is 57.6 Å². The molecule has 0 aliphatic heterocycles. The van der Waals surface area contributed by atoms with E-state index in [4.69, 9.17) is 0 Å². The van der Waals surface area contributed by atoms with E-state index in [1.807, 2.05) is 17.5 Å². The van der Waals surface area contributed by atoms with Gasteiger partial charge < -0.3 is 10.4 Å². The minimum atomic E-state index is -0.335. The molecule has 0 saturated heterocycles. The predicted octanol–water partition coefficient (Wildman–Crippen LogP) is 3.73. The van der Waals surface area contributed by atoms with Crippen molar-refractivity contribution in [3.8, 4) is 0 Å². The van der Waals surface area contributed by atoms with Crippen molar-refractivity contribution in [2.24, 2.45) is 5.92 Å². The average Bonchev–Trinajstić information content (AvgIpc) is 2.92. The molecule has 1 aliphatic carbocycles. The fourth-order valence-corrected chi connectivity index (χ4v) is 3.64. The molecule has 18 heavy (non-hydrogen) atoms. The number of aliphatic hydroxyl groups excluding tert-OH is 1. The minimum Gasteiger partial charge on any atom is -0.386 e. The molecule has 2 N–H and O–H groups in total. The van der Waals surface area contributed by atoms with Crippen LogP contribution in [0.2, 0.25) is 0 Å². The Kier molecular flexibility index (Phi) is 5.67. The van der Waals surface area contributed by atoms with Crippen LogP contribution in [-0.4, -0.2) is 17.7 Å². The summed E-state index contributed by atoms with van der Waals surface area (Å²) in [5, 5.41) is 15.6. The highest BCUT2D eigenvalue weighted by atomic mass is 32.1. The molecule has 1 fully saturated rings. The van der Waals surface area contributed by atoms with E-state index in [0.29, 0.717) is 12.6 Å². The molecule has 1 heterocycles. The summed E-state index contributed by atoms with van der Waals surface area (Å²) in [6, 6.07) is 4.63. The van der Waals surface area contributed by atoms with Gasteiger partial charge in [0.05, 0.1) is 0 Å². The van der Waals surface area contributed by atoms with Gasteiger partial charge in [-0.3, -0.25) is 0 Å². The van der Waals surface area contributed by atoms with E-state index in [2.05, 4.69) is 12.2 Å². The summed E-state index contributed by atoms with van der Waals surface area (Å²) in [6.07, 6.45) is 7.66. The molecule has 2 rings (SSSR count). The van der Waals surface area contributed by atoms with Crippen molar-refractivity contribution in [3.63, 3.8) is 0 Å². The van der Waals surface area contributed by atoms with Crippen molar-refractivity contribution >= 4 is 11.3 Å². The van der Waals surface area contributed by atoms with Crippen molar-refractivity contribution in [1.82, 2.24) is 5.32 Å². The summed E-state index contributed by atoms with van der Waals surface area (Å²) in [7, 11) is 0. The van der Waals surface area contributed by atoms with Gasteiger partial charge in [-0.05, 0) is 43.0 Å². The lowest BCUT2D eigenvalue weighted by molar-refractivity contribution is 0.165. The van der Waals surface area contributed by atoms with E-state index < -0.39 is 0 Å². The van der Waals surface area contributed by atoms with E-state index >= 15 is 0 Å². The third-order valence-corrected chi connectivity index (χ3v) is 4.99. The molecular weight excluding hydrogens is 242 g/mol. The van der Waals surface area contributed by atoms with E-state index in [9.17, 15) is 5.11 Å². The lowest BCUT2D eigenvalue weighted by Gasteiger charge is -2.29. The van der Waals surface area contributed by atoms with Crippen molar-refractivity contribution in [3.05, 3.63) is 22.4 Å². The second kappa shape index (κ2) is 7.27. The Hall–Kier alpha value is -0.380. The van der Waals surface area contributed by atoms with Crippen molar-refractivity contribution < 1.29 is 5.11 Å². The highest BCUT2D eigenvalue weighted by molar-refractivity contribution is 7.10. The molecule has 0 amide bonds. The van der Waals surface area contributed by atoms with Crippen LogP contribution in [0.15, 0.2) is 17.5 Å². The first-order chi connectivity index (χ1) is 8.79. The number of thiophene rings is 1. The minimum absolute atomic E-state index is 0.335. The number of nitrogens with one attached hydrogen (secondary N) is 1. The van der Waals surface area contributed by atoms with Crippen molar-refractivity contribution in [1.29, 1.82) is 0 Å². The molecule has 0 aromatic carbocycles. The van der Waals surface area contributed by atoms with Gasteiger partial charge in [0.25, 0.3) is 0 Å². The van der Waals surface area contributed by atoms with Gasteiger partial charge in [0.2, 0.25) is 0 Å². The SMILES string of the molecule is CCCC1CCC(NCC(O)c2cccs2)CC1. The zero-order chi connectivity index (χ0) is 12.8. The van der Waals surface area contributed by atoms with Crippen LogP contribution in [0.5, 0.6) is 0 Å². The Morgan fingerprint density at radius 2 is 2.17 bits per heavy atom. The molecule has 1 saturated carbocycles. The monoisotopic (exact) mass is 267 g/mol. The van der Waals surface area contributed by atoms with Gasteiger partial charge in [-0.2, -0.15) is 0 Å². The largest absolute Gasteiger partial charge is 0.386 e. The molecule has 3 heteroatoms. The third-order valence-electron chi connectivity index (χ3n) is 4.02. The van der Waals surface area contributed by atoms with Crippen LogP contribution in [0.1, 0.15) is 56.4 Å². The zero-order valence-electron chi connectivity index (χ0n) is 11.3. The van der Waals surface area contributed by atoms with Crippen LogP contribution in [0, 0.1) is 5.92 Å². The number of hydrogen-bond acceptors (Lipinski definition) is 3. The maximum atomic E-state index is 10.0. The molecular formula is C15H25NOS. The molecule has 2 nitrogen and oxygen atoms in total. The fourth-order valence-electron chi connectivity index (χ4n) is 2.92. The van der Waals surface area contributed by atoms with Gasteiger partial charge in [-0.25, -0.2) is 0 Å². The maximum absolute atomic E-state index is 10.0. The van der Waals surface area contributed by atoms with E-state index in [1.54, 1.807) is 11.3 Å². The smallest absolute Gasteiger partial charge is 0.101 e. The molecule has 0 bridgehead atoms. The highest BCUT2D eigenvalue weighted by Crippen LogP contribution is 2.28. The lowest BCUT2D eigenvalue weighted by atomic mass is 9.83. The molecule has 1 aromatic rings. The Labute approximate surface area is 114 Å². The second-order valence-electron chi connectivity index (χ2n) is 5.45. The summed E-state index contributed by atoms with van der Waals surface area (Å²) in [4.78, 5) is 1.07. The maximum Gasteiger partial charge on any atom is 0.101 e. The van der Waals surface area contributed by atoms with Gasteiger partial charge in [-0.15, -0.1) is 11.3 Å². The second-order valence-corrected chi connectivity index (χ2v) is 6.43. The summed E-state index contributed by atoms with van der Waals surface area (Å²) in [5.74, 6) is 0.954. The van der Waals surface area contributed by atoms with E-state index in [1.165, 1.54) is 38.5 Å². The van der Waals surface area contributed by atoms with Crippen molar-refractivity contribution in [2.75, 3.05) is 6.54 Å². The van der Waals surface area contributed by atoms with Crippen LogP contribution in [0.25, 0.3) is 0 Å². The summed E-state index contributed by atoms with van der Waals surface area (Å²) < 4.78 is 0. The van der Waals surface area contributed by atoms with E-state index in [-0.39, 0.29) is 6.10 Å². The quantitative estimate of drug-likeness (QED) is 0.823. The number of aliphatic hydroxyl groups is 1. The lowest BCUT2D eigenvalue weighted by Crippen LogP contribution is -2.35. The van der Waals surface area contributed by atoms with Crippen LogP contribution in [0.3, 0.4) is 0 Å².